The van der Waals surface area contributed by atoms with Crippen molar-refractivity contribution in [2.24, 2.45) is 0 Å². The summed E-state index contributed by atoms with van der Waals surface area (Å²) in [6.07, 6.45) is 2.72. The van der Waals surface area contributed by atoms with Crippen LogP contribution in [0.4, 0.5) is 4.39 Å². The first-order valence-corrected chi connectivity index (χ1v) is 2.37. The van der Waals surface area contributed by atoms with Gasteiger partial charge < -0.3 is 0 Å². The lowest BCUT2D eigenvalue weighted by Gasteiger charge is -1.74. The SMILES string of the molecule is C=C(F)/C=C/CCl. The molecule has 0 amide bonds. The largest absolute Gasteiger partial charge is 0.208 e. The molecule has 0 aliphatic heterocycles. The maximum absolute atomic E-state index is 11.5. The van der Waals surface area contributed by atoms with Crippen molar-refractivity contribution in [1.29, 1.82) is 0 Å². The van der Waals surface area contributed by atoms with E-state index in [1.807, 2.05) is 0 Å². The Morgan fingerprint density at radius 2 is 2.43 bits per heavy atom. The van der Waals surface area contributed by atoms with Crippen LogP contribution in [0.5, 0.6) is 0 Å². The van der Waals surface area contributed by atoms with E-state index in [0.29, 0.717) is 5.88 Å². The van der Waals surface area contributed by atoms with E-state index in [0.717, 1.165) is 0 Å². The Hall–Kier alpha value is -0.300. The second kappa shape index (κ2) is 3.88. The normalized spacial score (nSPS) is 10.0. The summed E-state index contributed by atoms with van der Waals surface area (Å²) in [6.45, 7) is 2.98. The summed E-state index contributed by atoms with van der Waals surface area (Å²) in [5.41, 5.74) is 0. The monoisotopic (exact) mass is 120 g/mol. The van der Waals surface area contributed by atoms with Crippen LogP contribution in [-0.2, 0) is 0 Å². The molecule has 0 aromatic heterocycles. The lowest BCUT2D eigenvalue weighted by molar-refractivity contribution is 0.671. The summed E-state index contributed by atoms with van der Waals surface area (Å²) in [5.74, 6) is -0.121. The van der Waals surface area contributed by atoms with Crippen molar-refractivity contribution in [2.45, 2.75) is 0 Å². The minimum absolute atomic E-state index is 0.336. The molecule has 0 nitrogen and oxygen atoms in total. The summed E-state index contributed by atoms with van der Waals surface area (Å²) in [4.78, 5) is 0. The van der Waals surface area contributed by atoms with Gasteiger partial charge >= 0.3 is 0 Å². The highest BCUT2D eigenvalue weighted by Crippen LogP contribution is 1.91. The van der Waals surface area contributed by atoms with Crippen molar-refractivity contribution in [2.75, 3.05) is 5.88 Å². The predicted octanol–water partition coefficient (Wildman–Crippen LogP) is 2.26. The van der Waals surface area contributed by atoms with Gasteiger partial charge in [0, 0.05) is 5.88 Å². The van der Waals surface area contributed by atoms with Crippen LogP contribution in [0.15, 0.2) is 24.6 Å². The molecule has 0 aliphatic rings. The predicted molar refractivity (Wildman–Crippen MR) is 30.1 cm³/mol. The van der Waals surface area contributed by atoms with Gasteiger partial charge in [0.2, 0.25) is 0 Å². The zero-order valence-electron chi connectivity index (χ0n) is 3.82. The van der Waals surface area contributed by atoms with E-state index in [4.69, 9.17) is 11.6 Å². The molecule has 0 bridgehead atoms. The van der Waals surface area contributed by atoms with Gasteiger partial charge in [-0.3, -0.25) is 0 Å². The lowest BCUT2D eigenvalue weighted by atomic mass is 10.5. The average Bonchev–Trinajstić information content (AvgIpc) is 1.61. The highest BCUT2D eigenvalue weighted by atomic mass is 35.5. The van der Waals surface area contributed by atoms with Gasteiger partial charge in [0.15, 0.2) is 0 Å². The Balaban J connectivity index is 3.26. The van der Waals surface area contributed by atoms with Crippen molar-refractivity contribution in [3.05, 3.63) is 24.6 Å². The molecule has 0 aliphatic carbocycles. The molecule has 0 fully saturated rings. The van der Waals surface area contributed by atoms with E-state index in [1.165, 1.54) is 12.2 Å². The van der Waals surface area contributed by atoms with Crippen molar-refractivity contribution < 1.29 is 4.39 Å². The van der Waals surface area contributed by atoms with E-state index in [2.05, 4.69) is 6.58 Å². The number of halogens is 2. The Bertz CT molecular complexity index is 86.1. The molecule has 0 rings (SSSR count). The zero-order valence-corrected chi connectivity index (χ0v) is 4.58. The molecule has 0 radical (unpaired) electrons. The Morgan fingerprint density at radius 1 is 1.86 bits per heavy atom. The van der Waals surface area contributed by atoms with Crippen molar-refractivity contribution in [3.63, 3.8) is 0 Å². The van der Waals surface area contributed by atoms with Crippen LogP contribution in [0.2, 0.25) is 0 Å². The Kier molecular flexibility index (Phi) is 3.71. The number of rotatable bonds is 2. The van der Waals surface area contributed by atoms with E-state index >= 15 is 0 Å². The van der Waals surface area contributed by atoms with Crippen LogP contribution in [0.3, 0.4) is 0 Å². The molecule has 0 aromatic carbocycles. The molecule has 7 heavy (non-hydrogen) atoms. The summed E-state index contributed by atoms with van der Waals surface area (Å²) < 4.78 is 11.5. The standard InChI is InChI=1S/C5H6ClF/c1-5(7)3-2-4-6/h2-3H,1,4H2/b3-2+. The fourth-order valence-corrected chi connectivity index (χ4v) is 0.262. The molecule has 0 saturated heterocycles. The quantitative estimate of drug-likeness (QED) is 0.387. The number of hydrogen-bond donors (Lipinski definition) is 0. The molecule has 0 N–H and O–H groups in total. The first-order valence-electron chi connectivity index (χ1n) is 1.84. The zero-order chi connectivity index (χ0) is 5.70. The van der Waals surface area contributed by atoms with Crippen LogP contribution in [-0.4, -0.2) is 5.88 Å². The van der Waals surface area contributed by atoms with Gasteiger partial charge in [-0.25, -0.2) is 4.39 Å². The van der Waals surface area contributed by atoms with E-state index in [9.17, 15) is 4.39 Å². The maximum atomic E-state index is 11.5. The third-order valence-electron chi connectivity index (χ3n) is 0.388. The van der Waals surface area contributed by atoms with Gasteiger partial charge in [-0.05, 0) is 6.08 Å². The van der Waals surface area contributed by atoms with Crippen molar-refractivity contribution in [1.82, 2.24) is 0 Å². The minimum atomic E-state index is -0.458. The van der Waals surface area contributed by atoms with E-state index < -0.39 is 5.83 Å². The first kappa shape index (κ1) is 6.70. The number of hydrogen-bond acceptors (Lipinski definition) is 0. The van der Waals surface area contributed by atoms with Crippen LogP contribution in [0.1, 0.15) is 0 Å². The molecule has 0 aromatic rings. The Labute approximate surface area is 47.3 Å². The average molecular weight is 121 g/mol. The van der Waals surface area contributed by atoms with Crippen LogP contribution in [0, 0.1) is 0 Å². The summed E-state index contributed by atoms with van der Waals surface area (Å²) in [7, 11) is 0. The van der Waals surface area contributed by atoms with Gasteiger partial charge in [-0.2, -0.15) is 0 Å². The number of allylic oxidation sites excluding steroid dienone is 3. The lowest BCUT2D eigenvalue weighted by Crippen LogP contribution is -1.59. The summed E-state index contributed by atoms with van der Waals surface area (Å²) >= 11 is 5.15. The molecule has 0 heterocycles. The second-order valence-corrected chi connectivity index (χ2v) is 1.31. The molecule has 0 atom stereocenters. The third kappa shape index (κ3) is 5.70. The molecular formula is C5H6ClF. The first-order chi connectivity index (χ1) is 3.27. The Morgan fingerprint density at radius 3 is 2.57 bits per heavy atom. The molecule has 0 unspecified atom stereocenters. The molecule has 0 spiro atoms. The van der Waals surface area contributed by atoms with Crippen LogP contribution < -0.4 is 0 Å². The van der Waals surface area contributed by atoms with Gasteiger partial charge in [0.25, 0.3) is 0 Å². The molecule has 40 valence electrons. The minimum Gasteiger partial charge on any atom is -0.208 e. The smallest absolute Gasteiger partial charge is 0.115 e. The van der Waals surface area contributed by atoms with Crippen molar-refractivity contribution in [3.8, 4) is 0 Å². The molecule has 0 saturated carbocycles. The van der Waals surface area contributed by atoms with Crippen LogP contribution >= 0.6 is 11.6 Å². The van der Waals surface area contributed by atoms with Crippen LogP contribution in [0.25, 0.3) is 0 Å². The van der Waals surface area contributed by atoms with Gasteiger partial charge in [0.05, 0.1) is 0 Å². The third-order valence-corrected chi connectivity index (χ3v) is 0.566. The summed E-state index contributed by atoms with van der Waals surface area (Å²) in [5, 5.41) is 0. The highest BCUT2D eigenvalue weighted by molar-refractivity contribution is 6.18. The van der Waals surface area contributed by atoms with Gasteiger partial charge in [-0.15, -0.1) is 11.6 Å². The van der Waals surface area contributed by atoms with Gasteiger partial charge in [-0.1, -0.05) is 12.7 Å². The molecular weight excluding hydrogens is 115 g/mol. The van der Waals surface area contributed by atoms with Gasteiger partial charge in [0.1, 0.15) is 5.83 Å². The molecule has 2 heteroatoms. The fraction of sp³-hybridized carbons (Fsp3) is 0.200. The van der Waals surface area contributed by atoms with Crippen molar-refractivity contribution >= 4 is 11.6 Å². The summed E-state index contributed by atoms with van der Waals surface area (Å²) in [6, 6.07) is 0. The second-order valence-electron chi connectivity index (χ2n) is 1.00. The number of alkyl halides is 1. The van der Waals surface area contributed by atoms with E-state index in [1.54, 1.807) is 0 Å². The topological polar surface area (TPSA) is 0 Å². The van der Waals surface area contributed by atoms with E-state index in [-0.39, 0.29) is 0 Å². The maximum Gasteiger partial charge on any atom is 0.115 e. The fourth-order valence-electron chi connectivity index (χ4n) is 0.172. The highest BCUT2D eigenvalue weighted by Gasteiger charge is 1.73.